The Morgan fingerprint density at radius 3 is 2.80 bits per heavy atom. The van der Waals surface area contributed by atoms with Crippen LogP contribution in [0.3, 0.4) is 0 Å². The average Bonchev–Trinajstić information content (AvgIpc) is 1.88. The highest BCUT2D eigenvalue weighted by Gasteiger charge is 2.05. The van der Waals surface area contributed by atoms with Gasteiger partial charge in [-0.15, -0.1) is 0 Å². The normalized spacial score (nSPS) is 8.80. The van der Waals surface area contributed by atoms with Crippen LogP contribution in [0.15, 0.2) is 12.3 Å². The van der Waals surface area contributed by atoms with Crippen molar-refractivity contribution in [3.63, 3.8) is 0 Å². The van der Waals surface area contributed by atoms with Crippen molar-refractivity contribution < 1.29 is 9.50 Å². The van der Waals surface area contributed by atoms with Crippen LogP contribution < -0.4 is 0 Å². The molecule has 1 rings (SSSR count). The largest absolute Gasteiger partial charge is 0.492 e. The molecular formula is C6H3FN2O. The van der Waals surface area contributed by atoms with Gasteiger partial charge in [-0.3, -0.25) is 0 Å². The zero-order valence-electron chi connectivity index (χ0n) is 4.87. The fourth-order valence-corrected chi connectivity index (χ4v) is 0.531. The van der Waals surface area contributed by atoms with E-state index in [2.05, 4.69) is 4.98 Å². The molecule has 0 bridgehead atoms. The van der Waals surface area contributed by atoms with Gasteiger partial charge in [0, 0.05) is 6.20 Å². The van der Waals surface area contributed by atoms with E-state index < -0.39 is 17.3 Å². The number of halogens is 1. The molecule has 0 aliphatic rings. The van der Waals surface area contributed by atoms with Crippen LogP contribution in [0.1, 0.15) is 5.56 Å². The molecule has 1 heterocycles. The number of aromatic hydroxyl groups is 1. The fourth-order valence-electron chi connectivity index (χ4n) is 0.531. The number of pyridine rings is 1. The molecule has 1 N–H and O–H groups in total. The summed E-state index contributed by atoms with van der Waals surface area (Å²) in [5.41, 5.74) is -0.414. The highest BCUT2D eigenvalue weighted by molar-refractivity contribution is 5.37. The second kappa shape index (κ2) is 2.31. The molecule has 0 atom stereocenters. The fraction of sp³-hybridized carbons (Fsp3) is 0. The van der Waals surface area contributed by atoms with E-state index in [1.54, 1.807) is 0 Å². The first kappa shape index (κ1) is 6.49. The first-order valence-electron chi connectivity index (χ1n) is 2.49. The summed E-state index contributed by atoms with van der Waals surface area (Å²) in [5, 5.41) is 16.9. The highest BCUT2D eigenvalue weighted by Crippen LogP contribution is 2.13. The van der Waals surface area contributed by atoms with Gasteiger partial charge in [-0.05, 0) is 6.07 Å². The summed E-state index contributed by atoms with van der Waals surface area (Å²) in [6, 6.07) is 2.49. The van der Waals surface area contributed by atoms with Crippen molar-refractivity contribution in [3.8, 4) is 11.9 Å². The van der Waals surface area contributed by atoms with E-state index in [1.807, 2.05) is 0 Å². The van der Waals surface area contributed by atoms with Crippen molar-refractivity contribution in [1.29, 1.82) is 5.26 Å². The molecule has 0 amide bonds. The Labute approximate surface area is 56.4 Å². The molecule has 0 radical (unpaired) electrons. The van der Waals surface area contributed by atoms with Crippen molar-refractivity contribution >= 4 is 0 Å². The number of rotatable bonds is 0. The summed E-state index contributed by atoms with van der Waals surface area (Å²) in [4.78, 5) is 3.30. The summed E-state index contributed by atoms with van der Waals surface area (Å²) in [5.74, 6) is -1.32. The Bertz CT molecular complexity index is 272. The summed E-state index contributed by atoms with van der Waals surface area (Å²) >= 11 is 0. The monoisotopic (exact) mass is 138 g/mol. The van der Waals surface area contributed by atoms with Crippen LogP contribution in [0.5, 0.6) is 5.88 Å². The quantitative estimate of drug-likeness (QED) is 0.576. The molecule has 0 fully saturated rings. The van der Waals surface area contributed by atoms with Gasteiger partial charge in [0.25, 0.3) is 0 Å². The molecule has 0 aromatic carbocycles. The molecule has 50 valence electrons. The molecule has 3 nitrogen and oxygen atoms in total. The van der Waals surface area contributed by atoms with Crippen LogP contribution in [-0.4, -0.2) is 10.1 Å². The maximum Gasteiger partial charge on any atom is 0.232 e. The molecule has 1 aromatic heterocycles. The van der Waals surface area contributed by atoms with Gasteiger partial charge in [-0.2, -0.15) is 5.26 Å². The smallest absolute Gasteiger partial charge is 0.232 e. The van der Waals surface area contributed by atoms with Crippen molar-refractivity contribution in [1.82, 2.24) is 4.98 Å². The second-order valence-corrected chi connectivity index (χ2v) is 1.60. The van der Waals surface area contributed by atoms with Gasteiger partial charge in [0.05, 0.1) is 0 Å². The van der Waals surface area contributed by atoms with E-state index in [-0.39, 0.29) is 0 Å². The van der Waals surface area contributed by atoms with E-state index in [1.165, 1.54) is 6.07 Å². The minimum Gasteiger partial charge on any atom is -0.492 e. The minimum atomic E-state index is -0.755. The van der Waals surface area contributed by atoms with Crippen LogP contribution in [0.2, 0.25) is 0 Å². The molecular weight excluding hydrogens is 135 g/mol. The van der Waals surface area contributed by atoms with Crippen LogP contribution in [0.25, 0.3) is 0 Å². The summed E-state index contributed by atoms with van der Waals surface area (Å²) in [6.07, 6.45) is 1.09. The second-order valence-electron chi connectivity index (χ2n) is 1.60. The summed E-state index contributed by atoms with van der Waals surface area (Å²) in [6.45, 7) is 0. The zero-order chi connectivity index (χ0) is 7.56. The van der Waals surface area contributed by atoms with E-state index in [0.717, 1.165) is 12.3 Å². The Hall–Kier alpha value is -1.63. The predicted molar refractivity (Wildman–Crippen MR) is 30.6 cm³/mol. The number of nitrogens with zero attached hydrogens (tertiary/aromatic N) is 2. The van der Waals surface area contributed by atoms with E-state index in [4.69, 9.17) is 10.4 Å². The zero-order valence-corrected chi connectivity index (χ0v) is 4.87. The number of nitriles is 1. The van der Waals surface area contributed by atoms with E-state index >= 15 is 0 Å². The maximum atomic E-state index is 12.4. The van der Waals surface area contributed by atoms with Crippen LogP contribution >= 0.6 is 0 Å². The lowest BCUT2D eigenvalue weighted by Gasteiger charge is -1.92. The summed E-state index contributed by atoms with van der Waals surface area (Å²) < 4.78 is 12.4. The standard InChI is InChI=1S/C6H3FN2O/c7-5-1-2-9-6(10)4(5)3-8/h1-2H,(H,9,10). The molecule has 0 unspecified atom stereocenters. The lowest BCUT2D eigenvalue weighted by atomic mass is 10.3. The molecule has 4 heteroatoms. The topological polar surface area (TPSA) is 56.9 Å². The first-order chi connectivity index (χ1) is 4.75. The lowest BCUT2D eigenvalue weighted by Crippen LogP contribution is -1.85. The van der Waals surface area contributed by atoms with Crippen LogP contribution in [0, 0.1) is 17.1 Å². The number of aromatic nitrogens is 1. The third-order valence-corrected chi connectivity index (χ3v) is 0.992. The maximum absolute atomic E-state index is 12.4. The van der Waals surface area contributed by atoms with Gasteiger partial charge in [0.15, 0.2) is 0 Å². The van der Waals surface area contributed by atoms with Crippen LogP contribution in [0.4, 0.5) is 4.39 Å². The number of hydrogen-bond donors (Lipinski definition) is 1. The Kier molecular flexibility index (Phi) is 1.50. The third-order valence-electron chi connectivity index (χ3n) is 0.992. The highest BCUT2D eigenvalue weighted by atomic mass is 19.1. The SMILES string of the molecule is N#Cc1c(F)ccnc1O. The molecule has 0 saturated heterocycles. The molecule has 10 heavy (non-hydrogen) atoms. The van der Waals surface area contributed by atoms with Gasteiger partial charge in [-0.25, -0.2) is 9.37 Å². The molecule has 0 saturated carbocycles. The molecule has 0 spiro atoms. The third kappa shape index (κ3) is 0.890. The average molecular weight is 138 g/mol. The Balaban J connectivity index is 3.34. The Morgan fingerprint density at radius 2 is 2.40 bits per heavy atom. The van der Waals surface area contributed by atoms with Gasteiger partial charge >= 0.3 is 0 Å². The van der Waals surface area contributed by atoms with E-state index in [0.29, 0.717) is 0 Å². The molecule has 0 aliphatic heterocycles. The van der Waals surface area contributed by atoms with Gasteiger partial charge < -0.3 is 5.11 Å². The van der Waals surface area contributed by atoms with Crippen molar-refractivity contribution in [2.75, 3.05) is 0 Å². The first-order valence-corrected chi connectivity index (χ1v) is 2.49. The Morgan fingerprint density at radius 1 is 1.70 bits per heavy atom. The minimum absolute atomic E-state index is 0.414. The van der Waals surface area contributed by atoms with Crippen molar-refractivity contribution in [2.24, 2.45) is 0 Å². The molecule has 0 aliphatic carbocycles. The van der Waals surface area contributed by atoms with E-state index in [9.17, 15) is 4.39 Å². The van der Waals surface area contributed by atoms with Gasteiger partial charge in [-0.1, -0.05) is 0 Å². The van der Waals surface area contributed by atoms with Crippen molar-refractivity contribution in [3.05, 3.63) is 23.6 Å². The predicted octanol–water partition coefficient (Wildman–Crippen LogP) is 0.798. The lowest BCUT2D eigenvalue weighted by molar-refractivity contribution is 0.444. The number of hydrogen-bond acceptors (Lipinski definition) is 3. The molecule has 1 aromatic rings. The summed E-state index contributed by atoms with van der Waals surface area (Å²) in [7, 11) is 0. The van der Waals surface area contributed by atoms with Gasteiger partial charge in [0.2, 0.25) is 5.88 Å². The van der Waals surface area contributed by atoms with Crippen LogP contribution in [-0.2, 0) is 0 Å². The van der Waals surface area contributed by atoms with Crippen molar-refractivity contribution in [2.45, 2.75) is 0 Å². The van der Waals surface area contributed by atoms with Gasteiger partial charge in [0.1, 0.15) is 17.4 Å².